The summed E-state index contributed by atoms with van der Waals surface area (Å²) in [5.41, 5.74) is 1.15. The molecule has 0 bridgehead atoms. The molecule has 4 rings (SSSR count). The van der Waals surface area contributed by atoms with Crippen LogP contribution in [0.3, 0.4) is 0 Å². The molecule has 9 nitrogen and oxygen atoms in total. The number of fused-ring (bicyclic) bond motifs is 1. The number of rotatable bonds is 6. The molecule has 2 aromatic heterocycles. The van der Waals surface area contributed by atoms with Crippen LogP contribution in [0.1, 0.15) is 47.6 Å². The van der Waals surface area contributed by atoms with Crippen LogP contribution >= 0.6 is 0 Å². The average Bonchev–Trinajstić information content (AvgIpc) is 3.50. The summed E-state index contributed by atoms with van der Waals surface area (Å²) in [4.78, 5) is 42.9. The molecule has 1 aliphatic heterocycles. The van der Waals surface area contributed by atoms with Gasteiger partial charge in [0.05, 0.1) is 6.04 Å². The van der Waals surface area contributed by atoms with Crippen LogP contribution in [0, 0.1) is 12.8 Å². The zero-order valence-corrected chi connectivity index (χ0v) is 16.3. The minimum atomic E-state index is -2.63. The van der Waals surface area contributed by atoms with E-state index >= 15 is 0 Å². The normalized spacial score (nSPS) is 17.5. The number of hydrogen-bond acceptors (Lipinski definition) is 7. The van der Waals surface area contributed by atoms with Crippen LogP contribution in [-0.4, -0.2) is 44.9 Å². The van der Waals surface area contributed by atoms with Gasteiger partial charge in [-0.25, -0.2) is 18.7 Å². The van der Waals surface area contributed by atoms with Crippen molar-refractivity contribution in [2.45, 2.75) is 39.2 Å². The van der Waals surface area contributed by atoms with E-state index in [-0.39, 0.29) is 35.2 Å². The summed E-state index contributed by atoms with van der Waals surface area (Å²) in [6, 6.07) is 4.03. The third-order valence-electron chi connectivity index (χ3n) is 4.66. The van der Waals surface area contributed by atoms with E-state index in [0.717, 1.165) is 17.9 Å². The maximum Gasteiger partial charge on any atom is 0.305 e. The fourth-order valence-electron chi connectivity index (χ4n) is 2.97. The Labute approximate surface area is 170 Å². The Morgan fingerprint density at radius 2 is 2.07 bits per heavy atom. The molecule has 158 valence electrons. The smallest absolute Gasteiger partial charge is 0.305 e. The van der Waals surface area contributed by atoms with Crippen molar-refractivity contribution in [3.63, 3.8) is 0 Å². The minimum absolute atomic E-state index is 0.0292. The SMILES string of the molecule is Cc1cc(C(=O)N2Oc3nc(OCC(F)F)ccc3C2C)nc(NC(=O)C2CC2)n1. The number of carbonyl (C=O) groups is 2. The molecule has 1 fully saturated rings. The van der Waals surface area contributed by atoms with E-state index in [4.69, 9.17) is 9.57 Å². The number of anilines is 1. The molecular weight excluding hydrogens is 400 g/mol. The van der Waals surface area contributed by atoms with Crippen molar-refractivity contribution >= 4 is 17.8 Å². The molecule has 0 saturated heterocycles. The number of amides is 2. The summed E-state index contributed by atoms with van der Waals surface area (Å²) < 4.78 is 29.6. The van der Waals surface area contributed by atoms with Crippen molar-refractivity contribution in [2.75, 3.05) is 11.9 Å². The number of hydroxylamine groups is 2. The summed E-state index contributed by atoms with van der Waals surface area (Å²) in [7, 11) is 0. The fraction of sp³-hybridized carbons (Fsp3) is 0.421. The highest BCUT2D eigenvalue weighted by Crippen LogP contribution is 2.37. The fourth-order valence-corrected chi connectivity index (χ4v) is 2.97. The molecule has 2 amide bonds. The molecule has 2 aromatic rings. The molecule has 1 unspecified atom stereocenters. The van der Waals surface area contributed by atoms with Gasteiger partial charge in [-0.1, -0.05) is 0 Å². The van der Waals surface area contributed by atoms with E-state index in [9.17, 15) is 18.4 Å². The molecule has 0 radical (unpaired) electrons. The van der Waals surface area contributed by atoms with E-state index in [1.54, 1.807) is 19.9 Å². The highest BCUT2D eigenvalue weighted by atomic mass is 19.3. The number of ether oxygens (including phenoxy) is 1. The van der Waals surface area contributed by atoms with Gasteiger partial charge in [0.25, 0.3) is 12.3 Å². The van der Waals surface area contributed by atoms with Crippen molar-refractivity contribution in [1.82, 2.24) is 20.0 Å². The summed E-state index contributed by atoms with van der Waals surface area (Å²) in [6.45, 7) is 2.62. The number of nitrogens with zero attached hydrogens (tertiary/aromatic N) is 4. The maximum atomic E-state index is 13.0. The molecule has 2 aliphatic rings. The number of nitrogens with one attached hydrogen (secondary N) is 1. The molecule has 1 atom stereocenters. The lowest BCUT2D eigenvalue weighted by Gasteiger charge is -2.19. The predicted molar refractivity (Wildman–Crippen MR) is 99.1 cm³/mol. The summed E-state index contributed by atoms with van der Waals surface area (Å²) in [5.74, 6) is -0.632. The number of aromatic nitrogens is 3. The van der Waals surface area contributed by atoms with Gasteiger partial charge in [0.1, 0.15) is 5.69 Å². The first-order valence-corrected chi connectivity index (χ1v) is 9.42. The summed E-state index contributed by atoms with van der Waals surface area (Å²) in [5, 5.41) is 3.71. The molecule has 11 heteroatoms. The number of carbonyl (C=O) groups excluding carboxylic acids is 2. The monoisotopic (exact) mass is 419 g/mol. The minimum Gasteiger partial charge on any atom is -0.472 e. The molecule has 30 heavy (non-hydrogen) atoms. The second-order valence-corrected chi connectivity index (χ2v) is 7.13. The van der Waals surface area contributed by atoms with Gasteiger partial charge in [-0.15, -0.1) is 0 Å². The van der Waals surface area contributed by atoms with Crippen molar-refractivity contribution in [3.8, 4) is 11.8 Å². The third-order valence-corrected chi connectivity index (χ3v) is 4.66. The lowest BCUT2D eigenvalue weighted by molar-refractivity contribution is -0.117. The molecule has 0 spiro atoms. The number of pyridine rings is 1. The first-order valence-electron chi connectivity index (χ1n) is 9.42. The average molecular weight is 419 g/mol. The van der Waals surface area contributed by atoms with Crippen molar-refractivity contribution in [1.29, 1.82) is 0 Å². The Balaban J connectivity index is 1.51. The molecule has 1 aliphatic carbocycles. The van der Waals surface area contributed by atoms with E-state index < -0.39 is 25.0 Å². The zero-order valence-electron chi connectivity index (χ0n) is 16.3. The van der Waals surface area contributed by atoms with Crippen LogP contribution in [0.15, 0.2) is 18.2 Å². The van der Waals surface area contributed by atoms with Crippen LogP contribution in [0.25, 0.3) is 0 Å². The second kappa shape index (κ2) is 7.81. The highest BCUT2D eigenvalue weighted by Gasteiger charge is 2.36. The molecule has 1 N–H and O–H groups in total. The van der Waals surface area contributed by atoms with Gasteiger partial charge < -0.3 is 9.57 Å². The molecule has 3 heterocycles. The van der Waals surface area contributed by atoms with E-state index in [1.807, 2.05) is 0 Å². The van der Waals surface area contributed by atoms with Crippen molar-refractivity contribution in [2.24, 2.45) is 5.92 Å². The summed E-state index contributed by atoms with van der Waals surface area (Å²) in [6.07, 6.45) is -0.971. The van der Waals surface area contributed by atoms with Crippen molar-refractivity contribution in [3.05, 3.63) is 35.2 Å². The Kier molecular flexibility index (Phi) is 5.18. The quantitative estimate of drug-likeness (QED) is 0.767. The van der Waals surface area contributed by atoms with Gasteiger partial charge in [-0.2, -0.15) is 10.0 Å². The van der Waals surface area contributed by atoms with Gasteiger partial charge in [0.2, 0.25) is 17.7 Å². The number of hydrogen-bond donors (Lipinski definition) is 1. The largest absolute Gasteiger partial charge is 0.472 e. The van der Waals surface area contributed by atoms with Gasteiger partial charge in [-0.05, 0) is 38.8 Å². The van der Waals surface area contributed by atoms with E-state index in [1.165, 1.54) is 12.1 Å². The van der Waals surface area contributed by atoms with Gasteiger partial charge in [0.15, 0.2) is 6.61 Å². The third kappa shape index (κ3) is 4.14. The topological polar surface area (TPSA) is 107 Å². The zero-order chi connectivity index (χ0) is 21.4. The Bertz CT molecular complexity index is 999. The highest BCUT2D eigenvalue weighted by molar-refractivity contribution is 5.95. The second-order valence-electron chi connectivity index (χ2n) is 7.13. The lowest BCUT2D eigenvalue weighted by atomic mass is 10.1. The van der Waals surface area contributed by atoms with Crippen LogP contribution in [0.2, 0.25) is 0 Å². The Morgan fingerprint density at radius 1 is 1.30 bits per heavy atom. The van der Waals surface area contributed by atoms with Gasteiger partial charge in [0, 0.05) is 23.2 Å². The van der Waals surface area contributed by atoms with Crippen LogP contribution < -0.4 is 14.9 Å². The first kappa shape index (κ1) is 19.9. The number of aryl methyl sites for hydroxylation is 1. The van der Waals surface area contributed by atoms with E-state index in [2.05, 4.69) is 20.3 Å². The molecule has 0 aromatic carbocycles. The molecule has 1 saturated carbocycles. The number of halogens is 2. The van der Waals surface area contributed by atoms with Gasteiger partial charge >= 0.3 is 5.91 Å². The lowest BCUT2D eigenvalue weighted by Crippen LogP contribution is -2.33. The summed E-state index contributed by atoms with van der Waals surface area (Å²) >= 11 is 0. The van der Waals surface area contributed by atoms with Crippen LogP contribution in [0.4, 0.5) is 14.7 Å². The maximum absolute atomic E-state index is 13.0. The van der Waals surface area contributed by atoms with E-state index in [0.29, 0.717) is 11.3 Å². The van der Waals surface area contributed by atoms with Crippen molar-refractivity contribution < 1.29 is 27.9 Å². The first-order chi connectivity index (χ1) is 14.3. The standard InChI is InChI=1S/C19H19F2N5O4/c1-9-7-13(23-19(22-9)25-16(27)11-3-4-11)18(28)26-10(2)12-5-6-15(24-17(12)30-26)29-8-14(20)21/h5-7,10-11,14H,3-4,8H2,1-2H3,(H,22,23,25,27). The Hall–Kier alpha value is -3.37. The van der Waals surface area contributed by atoms with Crippen LogP contribution in [-0.2, 0) is 4.79 Å². The molecular formula is C19H19F2N5O4. The predicted octanol–water partition coefficient (Wildman–Crippen LogP) is 2.68. The Morgan fingerprint density at radius 3 is 2.77 bits per heavy atom. The van der Waals surface area contributed by atoms with Crippen LogP contribution in [0.5, 0.6) is 11.8 Å². The van der Waals surface area contributed by atoms with Gasteiger partial charge in [-0.3, -0.25) is 14.9 Å². The number of alkyl halides is 2.